The summed E-state index contributed by atoms with van der Waals surface area (Å²) in [6, 6.07) is 0. The van der Waals surface area contributed by atoms with E-state index in [1.807, 2.05) is 83.1 Å². The van der Waals surface area contributed by atoms with Crippen LogP contribution in [0.4, 0.5) is 0 Å². The Labute approximate surface area is 174 Å². The van der Waals surface area contributed by atoms with E-state index in [-0.39, 0.29) is 0 Å². The highest BCUT2D eigenvalue weighted by molar-refractivity contribution is 7.90. The van der Waals surface area contributed by atoms with Crippen LogP contribution in [0.5, 0.6) is 0 Å². The molecular formula is C20H42O6S2. The molecule has 28 heavy (non-hydrogen) atoms. The van der Waals surface area contributed by atoms with E-state index < -0.39 is 65.6 Å². The molecule has 0 N–H and O–H groups in total. The summed E-state index contributed by atoms with van der Waals surface area (Å²) in [5.74, 6) is -1.28. The SMILES string of the molecule is CC(C)(C)C(OS(=O)(=O)CCS(=O)(=O)OC(C(C)(C)C)C(C)(C)C)C(C)(C)C. The van der Waals surface area contributed by atoms with Crippen LogP contribution in [0.15, 0.2) is 0 Å². The van der Waals surface area contributed by atoms with Gasteiger partial charge in [0.2, 0.25) is 0 Å². The van der Waals surface area contributed by atoms with E-state index in [9.17, 15) is 16.8 Å². The average molecular weight is 443 g/mol. The summed E-state index contributed by atoms with van der Waals surface area (Å²) in [7, 11) is -8.09. The van der Waals surface area contributed by atoms with E-state index in [0.717, 1.165) is 0 Å². The summed E-state index contributed by atoms with van der Waals surface area (Å²) in [5, 5.41) is 0. The molecule has 0 spiro atoms. The van der Waals surface area contributed by atoms with Crippen LogP contribution in [0.1, 0.15) is 83.1 Å². The second kappa shape index (κ2) is 8.52. The van der Waals surface area contributed by atoms with Crippen LogP contribution in [-0.4, -0.2) is 40.5 Å². The van der Waals surface area contributed by atoms with Crippen molar-refractivity contribution in [2.75, 3.05) is 11.5 Å². The van der Waals surface area contributed by atoms with Gasteiger partial charge in [0, 0.05) is 0 Å². The van der Waals surface area contributed by atoms with Gasteiger partial charge in [0.15, 0.2) is 0 Å². The molecule has 0 amide bonds. The standard InChI is InChI=1S/C20H42O6S2/c1-17(2,3)15(18(4,5)6)25-27(21,22)13-14-28(23,24)26-16(19(7,8)9)20(10,11)12/h15-16H,13-14H2,1-12H3. The summed E-state index contributed by atoms with van der Waals surface area (Å²) >= 11 is 0. The summed E-state index contributed by atoms with van der Waals surface area (Å²) in [4.78, 5) is 0. The van der Waals surface area contributed by atoms with Gasteiger partial charge in [0.25, 0.3) is 20.2 Å². The fourth-order valence-corrected chi connectivity index (χ4v) is 7.34. The molecule has 0 heterocycles. The highest BCUT2D eigenvalue weighted by Crippen LogP contribution is 2.38. The molecule has 170 valence electrons. The normalized spacial score (nSPS) is 15.5. The lowest BCUT2D eigenvalue weighted by Gasteiger charge is -2.40. The average Bonchev–Trinajstić information content (AvgIpc) is 2.36. The zero-order valence-electron chi connectivity index (χ0n) is 19.8. The van der Waals surface area contributed by atoms with Gasteiger partial charge in [-0.25, -0.2) is 0 Å². The molecule has 6 nitrogen and oxygen atoms in total. The van der Waals surface area contributed by atoms with Gasteiger partial charge in [0.1, 0.15) is 0 Å². The molecule has 0 aliphatic carbocycles. The second-order valence-corrected chi connectivity index (χ2v) is 15.4. The summed E-state index contributed by atoms with van der Waals surface area (Å²) < 4.78 is 61.0. The van der Waals surface area contributed by atoms with E-state index in [4.69, 9.17) is 8.37 Å². The van der Waals surface area contributed by atoms with Gasteiger partial charge in [-0.2, -0.15) is 16.8 Å². The summed E-state index contributed by atoms with van der Waals surface area (Å²) in [6.07, 6.45) is -1.18. The zero-order chi connectivity index (χ0) is 23.0. The first-order chi connectivity index (χ1) is 11.9. The Morgan fingerprint density at radius 3 is 0.821 bits per heavy atom. The first-order valence-corrected chi connectivity index (χ1v) is 12.9. The summed E-state index contributed by atoms with van der Waals surface area (Å²) in [5.41, 5.74) is -1.71. The molecule has 8 heteroatoms. The minimum Gasteiger partial charge on any atom is -0.266 e. The molecule has 0 radical (unpaired) electrons. The van der Waals surface area contributed by atoms with E-state index in [0.29, 0.717) is 0 Å². The van der Waals surface area contributed by atoms with Crippen LogP contribution in [-0.2, 0) is 28.6 Å². The third kappa shape index (κ3) is 9.55. The van der Waals surface area contributed by atoms with Gasteiger partial charge in [-0.1, -0.05) is 83.1 Å². The quantitative estimate of drug-likeness (QED) is 0.536. The van der Waals surface area contributed by atoms with E-state index in [1.165, 1.54) is 0 Å². The van der Waals surface area contributed by atoms with Crippen molar-refractivity contribution in [1.82, 2.24) is 0 Å². The van der Waals surface area contributed by atoms with Gasteiger partial charge in [-0.05, 0) is 21.7 Å². The number of hydrogen-bond donors (Lipinski definition) is 0. The molecule has 0 rings (SSSR count). The smallest absolute Gasteiger partial charge is 0.266 e. The fraction of sp³-hybridized carbons (Fsp3) is 1.00. The van der Waals surface area contributed by atoms with Gasteiger partial charge in [0.05, 0.1) is 23.7 Å². The van der Waals surface area contributed by atoms with Crippen LogP contribution >= 0.6 is 0 Å². The lowest BCUT2D eigenvalue weighted by atomic mass is 9.74. The lowest BCUT2D eigenvalue weighted by Crippen LogP contribution is -2.44. The van der Waals surface area contributed by atoms with Gasteiger partial charge in [-0.15, -0.1) is 0 Å². The number of rotatable bonds is 7. The monoisotopic (exact) mass is 442 g/mol. The molecule has 0 aliphatic rings. The Morgan fingerprint density at radius 2 is 0.679 bits per heavy atom. The molecule has 0 aromatic heterocycles. The van der Waals surface area contributed by atoms with Gasteiger partial charge < -0.3 is 0 Å². The third-order valence-corrected chi connectivity index (χ3v) is 6.85. The van der Waals surface area contributed by atoms with Crippen molar-refractivity contribution in [2.24, 2.45) is 21.7 Å². The van der Waals surface area contributed by atoms with Crippen LogP contribution in [0.2, 0.25) is 0 Å². The fourth-order valence-electron chi connectivity index (χ4n) is 3.77. The molecule has 0 saturated carbocycles. The Balaban J connectivity index is 5.39. The van der Waals surface area contributed by atoms with E-state index in [2.05, 4.69) is 0 Å². The molecule has 0 aromatic carbocycles. The molecule has 0 atom stereocenters. The third-order valence-electron chi connectivity index (χ3n) is 4.22. The molecule has 0 fully saturated rings. The van der Waals surface area contributed by atoms with Crippen molar-refractivity contribution >= 4 is 20.2 Å². The van der Waals surface area contributed by atoms with Gasteiger partial charge in [-0.3, -0.25) is 8.37 Å². The van der Waals surface area contributed by atoms with Crippen LogP contribution in [0, 0.1) is 21.7 Å². The van der Waals surface area contributed by atoms with Crippen LogP contribution in [0.3, 0.4) is 0 Å². The van der Waals surface area contributed by atoms with E-state index >= 15 is 0 Å². The Hall–Kier alpha value is -0.180. The lowest BCUT2D eigenvalue weighted by molar-refractivity contribution is 0.00208. The number of hydrogen-bond acceptors (Lipinski definition) is 6. The molecular weight excluding hydrogens is 400 g/mol. The Kier molecular flexibility index (Phi) is 8.46. The molecule has 0 bridgehead atoms. The maximum Gasteiger partial charge on any atom is 0.268 e. The molecule has 0 saturated heterocycles. The predicted molar refractivity (Wildman–Crippen MR) is 115 cm³/mol. The molecule has 0 aromatic rings. The first kappa shape index (κ1) is 27.8. The van der Waals surface area contributed by atoms with Gasteiger partial charge >= 0.3 is 0 Å². The zero-order valence-corrected chi connectivity index (χ0v) is 21.5. The van der Waals surface area contributed by atoms with Crippen molar-refractivity contribution in [3.63, 3.8) is 0 Å². The Morgan fingerprint density at radius 1 is 0.500 bits per heavy atom. The van der Waals surface area contributed by atoms with Crippen LogP contribution < -0.4 is 0 Å². The Bertz CT molecular complexity index is 617. The minimum absolute atomic E-state index is 0.426. The largest absolute Gasteiger partial charge is 0.268 e. The highest BCUT2D eigenvalue weighted by atomic mass is 32.2. The topological polar surface area (TPSA) is 86.7 Å². The van der Waals surface area contributed by atoms with Crippen LogP contribution in [0.25, 0.3) is 0 Å². The maximum atomic E-state index is 12.5. The van der Waals surface area contributed by atoms with Crippen molar-refractivity contribution in [3.8, 4) is 0 Å². The van der Waals surface area contributed by atoms with Crippen molar-refractivity contribution < 1.29 is 25.2 Å². The highest BCUT2D eigenvalue weighted by Gasteiger charge is 2.41. The van der Waals surface area contributed by atoms with Crippen molar-refractivity contribution in [2.45, 2.75) is 95.3 Å². The second-order valence-electron chi connectivity index (χ2n) is 11.9. The predicted octanol–water partition coefficient (Wildman–Crippen LogP) is 4.60. The summed E-state index contributed by atoms with van der Waals surface area (Å²) in [6.45, 7) is 22.8. The van der Waals surface area contributed by atoms with E-state index in [1.54, 1.807) is 0 Å². The first-order valence-electron chi connectivity index (χ1n) is 9.70. The molecule has 0 unspecified atom stereocenters. The van der Waals surface area contributed by atoms with Crippen molar-refractivity contribution in [3.05, 3.63) is 0 Å². The maximum absolute atomic E-state index is 12.5. The minimum atomic E-state index is -4.05. The van der Waals surface area contributed by atoms with Crippen molar-refractivity contribution in [1.29, 1.82) is 0 Å². The molecule has 0 aliphatic heterocycles.